The molecule has 158 valence electrons. The smallest absolute Gasteiger partial charge is 0.194 e. The minimum atomic E-state index is 0.384. The monoisotopic (exact) mass is 391 g/mol. The van der Waals surface area contributed by atoms with Crippen LogP contribution in [0.4, 0.5) is 0 Å². The molecule has 2 saturated heterocycles. The predicted molar refractivity (Wildman–Crippen MR) is 111 cm³/mol. The van der Waals surface area contributed by atoms with E-state index < -0.39 is 0 Å². The number of nitrogens with one attached hydrogen (secondary N) is 1. The van der Waals surface area contributed by atoms with Crippen LogP contribution in [-0.2, 0) is 18.3 Å². The number of aromatic nitrogens is 3. The molecule has 3 heterocycles. The van der Waals surface area contributed by atoms with Crippen LogP contribution in [0.15, 0.2) is 4.99 Å². The van der Waals surface area contributed by atoms with Crippen molar-refractivity contribution >= 4 is 5.96 Å². The molecule has 1 aromatic rings. The van der Waals surface area contributed by atoms with Crippen LogP contribution in [0, 0.1) is 6.92 Å². The molecule has 0 aromatic carbocycles. The van der Waals surface area contributed by atoms with Gasteiger partial charge >= 0.3 is 0 Å². The Hall–Kier alpha value is -1.67. The minimum Gasteiger partial charge on any atom is -0.378 e. The van der Waals surface area contributed by atoms with Gasteiger partial charge in [-0.3, -0.25) is 4.90 Å². The molecule has 0 spiro atoms. The van der Waals surface area contributed by atoms with Gasteiger partial charge in [0.15, 0.2) is 11.8 Å². The van der Waals surface area contributed by atoms with Gasteiger partial charge in [0.05, 0.1) is 6.10 Å². The zero-order valence-corrected chi connectivity index (χ0v) is 18.0. The van der Waals surface area contributed by atoms with Crippen molar-refractivity contribution in [3.8, 4) is 0 Å². The van der Waals surface area contributed by atoms with Crippen LogP contribution in [0.3, 0.4) is 0 Å². The Labute approximate surface area is 169 Å². The van der Waals surface area contributed by atoms with E-state index in [2.05, 4.69) is 39.2 Å². The summed E-state index contributed by atoms with van der Waals surface area (Å²) in [5.41, 5.74) is 0. The molecule has 1 aromatic heterocycles. The SMILES string of the molecule is CCOC1CCN(C(=NCc2nnc(C)n2C)NCC2CCCN2CC)CC1. The highest BCUT2D eigenvalue weighted by molar-refractivity contribution is 5.80. The second-order valence-corrected chi connectivity index (χ2v) is 7.81. The van der Waals surface area contributed by atoms with E-state index >= 15 is 0 Å². The van der Waals surface area contributed by atoms with Gasteiger partial charge in [-0.2, -0.15) is 0 Å². The summed E-state index contributed by atoms with van der Waals surface area (Å²) < 4.78 is 7.83. The maximum atomic E-state index is 5.81. The standard InChI is InChI=1S/C20H37N7O/c1-5-26-11-7-8-17(26)14-21-20(22-15-19-24-23-16(3)25(19)4)27-12-9-18(10-13-27)28-6-2/h17-18H,5-15H2,1-4H3,(H,21,22). The van der Waals surface area contributed by atoms with Crippen molar-refractivity contribution in [1.82, 2.24) is 29.9 Å². The summed E-state index contributed by atoms with van der Waals surface area (Å²) in [5, 5.41) is 12.1. The van der Waals surface area contributed by atoms with Gasteiger partial charge in [-0.25, -0.2) is 4.99 Å². The number of guanidine groups is 1. The van der Waals surface area contributed by atoms with Gasteiger partial charge in [0.25, 0.3) is 0 Å². The van der Waals surface area contributed by atoms with E-state index in [0.29, 0.717) is 18.7 Å². The third kappa shape index (κ3) is 5.23. The molecule has 2 fully saturated rings. The summed E-state index contributed by atoms with van der Waals surface area (Å²) in [7, 11) is 2.00. The first kappa shape index (κ1) is 21.0. The molecule has 8 nitrogen and oxygen atoms in total. The molecule has 0 amide bonds. The highest BCUT2D eigenvalue weighted by Crippen LogP contribution is 2.17. The molecular weight excluding hydrogens is 354 g/mol. The summed E-state index contributed by atoms with van der Waals surface area (Å²) in [6.07, 6.45) is 5.06. The van der Waals surface area contributed by atoms with Gasteiger partial charge in [0, 0.05) is 39.3 Å². The largest absolute Gasteiger partial charge is 0.378 e. The lowest BCUT2D eigenvalue weighted by Gasteiger charge is -2.35. The molecule has 0 saturated carbocycles. The van der Waals surface area contributed by atoms with Crippen LogP contribution in [-0.4, -0.2) is 82.0 Å². The fourth-order valence-corrected chi connectivity index (χ4v) is 4.22. The maximum Gasteiger partial charge on any atom is 0.194 e. The van der Waals surface area contributed by atoms with Crippen LogP contribution in [0.5, 0.6) is 0 Å². The number of likely N-dealkylation sites (N-methyl/N-ethyl adjacent to an activating group) is 1. The van der Waals surface area contributed by atoms with E-state index in [0.717, 1.165) is 63.2 Å². The molecule has 1 N–H and O–H groups in total. The van der Waals surface area contributed by atoms with Crippen molar-refractivity contribution < 1.29 is 4.74 Å². The van der Waals surface area contributed by atoms with Crippen molar-refractivity contribution in [2.75, 3.05) is 39.3 Å². The number of ether oxygens (including phenoxy) is 1. The zero-order chi connectivity index (χ0) is 19.9. The van der Waals surface area contributed by atoms with Crippen molar-refractivity contribution in [2.45, 2.75) is 65.1 Å². The first-order valence-corrected chi connectivity index (χ1v) is 10.9. The summed E-state index contributed by atoms with van der Waals surface area (Å²) >= 11 is 0. The molecule has 1 atom stereocenters. The average Bonchev–Trinajstić information content (AvgIpc) is 3.30. The van der Waals surface area contributed by atoms with Gasteiger partial charge < -0.3 is 19.5 Å². The lowest BCUT2D eigenvalue weighted by molar-refractivity contribution is 0.0263. The lowest BCUT2D eigenvalue weighted by atomic mass is 10.1. The van der Waals surface area contributed by atoms with Crippen molar-refractivity contribution in [1.29, 1.82) is 0 Å². The second-order valence-electron chi connectivity index (χ2n) is 7.81. The number of aryl methyl sites for hydroxylation is 1. The van der Waals surface area contributed by atoms with Gasteiger partial charge in [-0.1, -0.05) is 6.92 Å². The Kier molecular flexibility index (Phi) is 7.67. The quantitative estimate of drug-likeness (QED) is 0.562. The molecule has 0 radical (unpaired) electrons. The molecule has 8 heteroatoms. The van der Waals surface area contributed by atoms with E-state index in [9.17, 15) is 0 Å². The normalized spacial score (nSPS) is 22.2. The van der Waals surface area contributed by atoms with Gasteiger partial charge in [0.2, 0.25) is 0 Å². The van der Waals surface area contributed by atoms with Crippen LogP contribution in [0.25, 0.3) is 0 Å². The number of hydrogen-bond donors (Lipinski definition) is 1. The van der Waals surface area contributed by atoms with E-state index in [1.54, 1.807) is 0 Å². The van der Waals surface area contributed by atoms with Gasteiger partial charge in [0.1, 0.15) is 12.4 Å². The first-order chi connectivity index (χ1) is 13.6. The second kappa shape index (κ2) is 10.2. The molecule has 3 rings (SSSR count). The van der Waals surface area contributed by atoms with E-state index in [1.807, 2.05) is 18.5 Å². The molecule has 1 unspecified atom stereocenters. The molecule has 0 aliphatic carbocycles. The van der Waals surface area contributed by atoms with Gasteiger partial charge in [-0.15, -0.1) is 10.2 Å². The third-order valence-corrected chi connectivity index (χ3v) is 6.10. The first-order valence-electron chi connectivity index (χ1n) is 10.9. The average molecular weight is 392 g/mol. The molecule has 28 heavy (non-hydrogen) atoms. The highest BCUT2D eigenvalue weighted by Gasteiger charge is 2.25. The maximum absolute atomic E-state index is 5.81. The fourth-order valence-electron chi connectivity index (χ4n) is 4.22. The van der Waals surface area contributed by atoms with Crippen molar-refractivity contribution in [3.63, 3.8) is 0 Å². The molecule has 0 bridgehead atoms. The number of aliphatic imine (C=N–C) groups is 1. The Morgan fingerprint density at radius 1 is 1.18 bits per heavy atom. The Morgan fingerprint density at radius 2 is 1.96 bits per heavy atom. The molecule has 2 aliphatic heterocycles. The summed E-state index contributed by atoms with van der Waals surface area (Å²) in [5.74, 6) is 2.82. The predicted octanol–water partition coefficient (Wildman–Crippen LogP) is 1.55. The summed E-state index contributed by atoms with van der Waals surface area (Å²) in [6, 6.07) is 0.605. The number of likely N-dealkylation sites (tertiary alicyclic amines) is 2. The number of piperidine rings is 1. The fraction of sp³-hybridized carbons (Fsp3) is 0.850. The van der Waals surface area contributed by atoms with Crippen LogP contribution < -0.4 is 5.32 Å². The van der Waals surface area contributed by atoms with Crippen LogP contribution in [0.1, 0.15) is 51.2 Å². The minimum absolute atomic E-state index is 0.384. The van der Waals surface area contributed by atoms with Crippen molar-refractivity contribution in [2.24, 2.45) is 12.0 Å². The van der Waals surface area contributed by atoms with Crippen LogP contribution in [0.2, 0.25) is 0 Å². The molecular formula is C20H37N7O. The van der Waals surface area contributed by atoms with Gasteiger partial charge in [-0.05, 0) is 52.6 Å². The molecule has 2 aliphatic rings. The Morgan fingerprint density at radius 3 is 2.61 bits per heavy atom. The van der Waals surface area contributed by atoms with E-state index in [-0.39, 0.29) is 0 Å². The Balaban J connectivity index is 1.65. The Bertz CT molecular complexity index is 636. The van der Waals surface area contributed by atoms with E-state index in [4.69, 9.17) is 9.73 Å². The summed E-state index contributed by atoms with van der Waals surface area (Å²) in [6.45, 7) is 12.9. The topological polar surface area (TPSA) is 70.8 Å². The zero-order valence-electron chi connectivity index (χ0n) is 18.0. The summed E-state index contributed by atoms with van der Waals surface area (Å²) in [4.78, 5) is 9.87. The lowest BCUT2D eigenvalue weighted by Crippen LogP contribution is -2.50. The van der Waals surface area contributed by atoms with Crippen molar-refractivity contribution in [3.05, 3.63) is 11.6 Å². The number of nitrogens with zero attached hydrogens (tertiary/aromatic N) is 6. The number of rotatable bonds is 7. The highest BCUT2D eigenvalue weighted by atomic mass is 16.5. The van der Waals surface area contributed by atoms with E-state index in [1.165, 1.54) is 19.4 Å². The third-order valence-electron chi connectivity index (χ3n) is 6.10. The number of hydrogen-bond acceptors (Lipinski definition) is 5. The van der Waals surface area contributed by atoms with Crippen LogP contribution >= 0.6 is 0 Å².